The number of hydrogen-bond acceptors (Lipinski definition) is 4. The molecule has 0 heterocycles. The third-order valence-electron chi connectivity index (χ3n) is 5.88. The molecule has 1 amide bonds. The molecule has 2 atom stereocenters. The summed E-state index contributed by atoms with van der Waals surface area (Å²) in [5.41, 5.74) is 6.16. The number of halogens is 1. The number of aliphatic hydroxyl groups is 1. The number of amides is 1. The highest BCUT2D eigenvalue weighted by atomic mass is 35.5. The SMILES string of the molecule is CC(C)(O)c1ccc(CN(C2CCCCC2C(N)=O)S(=O)(=O)c2ccc(Cl)cc2)cc1. The van der Waals surface area contributed by atoms with E-state index < -0.39 is 33.5 Å². The van der Waals surface area contributed by atoms with Gasteiger partial charge in [-0.1, -0.05) is 48.7 Å². The highest BCUT2D eigenvalue weighted by Gasteiger charge is 2.40. The van der Waals surface area contributed by atoms with Crippen LogP contribution in [-0.4, -0.2) is 29.8 Å². The van der Waals surface area contributed by atoms with Crippen molar-refractivity contribution in [3.63, 3.8) is 0 Å². The van der Waals surface area contributed by atoms with Gasteiger partial charge in [-0.25, -0.2) is 8.42 Å². The van der Waals surface area contributed by atoms with E-state index in [-0.39, 0.29) is 11.4 Å². The van der Waals surface area contributed by atoms with Gasteiger partial charge in [0.1, 0.15) is 0 Å². The highest BCUT2D eigenvalue weighted by molar-refractivity contribution is 7.89. The first kappa shape index (κ1) is 23.7. The maximum Gasteiger partial charge on any atom is 0.243 e. The molecule has 0 aromatic heterocycles. The van der Waals surface area contributed by atoms with Crippen LogP contribution in [-0.2, 0) is 27.0 Å². The fraction of sp³-hybridized carbons (Fsp3) is 0.435. The number of nitrogens with zero attached hydrogens (tertiary/aromatic N) is 1. The van der Waals surface area contributed by atoms with Gasteiger partial charge >= 0.3 is 0 Å². The van der Waals surface area contributed by atoms with Crippen LogP contribution < -0.4 is 5.73 Å². The Bertz CT molecular complexity index is 1020. The first-order valence-electron chi connectivity index (χ1n) is 10.4. The van der Waals surface area contributed by atoms with E-state index in [1.807, 2.05) is 0 Å². The first-order chi connectivity index (χ1) is 14.5. The molecule has 1 fully saturated rings. The van der Waals surface area contributed by atoms with Gasteiger partial charge in [0.2, 0.25) is 15.9 Å². The van der Waals surface area contributed by atoms with Crippen molar-refractivity contribution in [1.29, 1.82) is 0 Å². The molecule has 6 nitrogen and oxygen atoms in total. The second kappa shape index (κ2) is 9.28. The van der Waals surface area contributed by atoms with E-state index >= 15 is 0 Å². The summed E-state index contributed by atoms with van der Waals surface area (Å²) >= 11 is 5.95. The lowest BCUT2D eigenvalue weighted by molar-refractivity contribution is -0.124. The molecule has 1 aliphatic carbocycles. The lowest BCUT2D eigenvalue weighted by Crippen LogP contribution is -2.49. The van der Waals surface area contributed by atoms with Gasteiger partial charge in [0.15, 0.2) is 0 Å². The average Bonchev–Trinajstić information content (AvgIpc) is 2.72. The van der Waals surface area contributed by atoms with Crippen molar-refractivity contribution in [2.24, 2.45) is 11.7 Å². The Morgan fingerprint density at radius 3 is 2.23 bits per heavy atom. The molecule has 0 radical (unpaired) electrons. The lowest BCUT2D eigenvalue weighted by atomic mass is 9.84. The minimum atomic E-state index is -3.90. The Hall–Kier alpha value is -1.93. The minimum Gasteiger partial charge on any atom is -0.386 e. The van der Waals surface area contributed by atoms with Crippen LogP contribution in [0.25, 0.3) is 0 Å². The van der Waals surface area contributed by atoms with E-state index in [2.05, 4.69) is 0 Å². The van der Waals surface area contributed by atoms with Crippen LogP contribution in [0.1, 0.15) is 50.7 Å². The van der Waals surface area contributed by atoms with Gasteiger partial charge in [-0.15, -0.1) is 0 Å². The van der Waals surface area contributed by atoms with Gasteiger partial charge in [-0.3, -0.25) is 4.79 Å². The quantitative estimate of drug-likeness (QED) is 0.650. The molecule has 0 aliphatic heterocycles. The summed E-state index contributed by atoms with van der Waals surface area (Å²) < 4.78 is 28.7. The van der Waals surface area contributed by atoms with Gasteiger partial charge in [0, 0.05) is 17.6 Å². The van der Waals surface area contributed by atoms with Gasteiger partial charge < -0.3 is 10.8 Å². The van der Waals surface area contributed by atoms with Crippen LogP contribution in [0.2, 0.25) is 5.02 Å². The zero-order chi connectivity index (χ0) is 22.8. The smallest absolute Gasteiger partial charge is 0.243 e. The van der Waals surface area contributed by atoms with Crippen LogP contribution in [0.15, 0.2) is 53.4 Å². The van der Waals surface area contributed by atoms with Crippen molar-refractivity contribution >= 4 is 27.5 Å². The summed E-state index contributed by atoms with van der Waals surface area (Å²) in [6, 6.07) is 12.7. The number of nitrogens with two attached hydrogens (primary N) is 1. The molecule has 168 valence electrons. The lowest BCUT2D eigenvalue weighted by Gasteiger charge is -2.38. The van der Waals surface area contributed by atoms with E-state index in [0.29, 0.717) is 17.9 Å². The van der Waals surface area contributed by atoms with E-state index in [9.17, 15) is 18.3 Å². The Balaban J connectivity index is 2.01. The zero-order valence-corrected chi connectivity index (χ0v) is 19.4. The van der Waals surface area contributed by atoms with Crippen LogP contribution >= 0.6 is 11.6 Å². The maximum atomic E-state index is 13.6. The highest BCUT2D eigenvalue weighted by Crippen LogP contribution is 2.34. The summed E-state index contributed by atoms with van der Waals surface area (Å²) in [7, 11) is -3.90. The Morgan fingerprint density at radius 2 is 1.68 bits per heavy atom. The maximum absolute atomic E-state index is 13.6. The van der Waals surface area contributed by atoms with Crippen LogP contribution in [0.3, 0.4) is 0 Å². The average molecular weight is 465 g/mol. The first-order valence-corrected chi connectivity index (χ1v) is 12.2. The molecule has 1 aliphatic rings. The minimum absolute atomic E-state index is 0.103. The monoisotopic (exact) mass is 464 g/mol. The van der Waals surface area contributed by atoms with Gasteiger partial charge in [-0.2, -0.15) is 4.31 Å². The summed E-state index contributed by atoms with van der Waals surface area (Å²) in [5.74, 6) is -1.01. The Morgan fingerprint density at radius 1 is 1.10 bits per heavy atom. The number of sulfonamides is 1. The zero-order valence-electron chi connectivity index (χ0n) is 17.8. The summed E-state index contributed by atoms with van der Waals surface area (Å²) in [5, 5.41) is 10.6. The van der Waals surface area contributed by atoms with Gasteiger partial charge in [0.25, 0.3) is 0 Å². The predicted octanol–water partition coefficient (Wildman–Crippen LogP) is 3.80. The predicted molar refractivity (Wildman–Crippen MR) is 121 cm³/mol. The normalized spacial score (nSPS) is 20.0. The third-order valence-corrected chi connectivity index (χ3v) is 8.02. The summed E-state index contributed by atoms with van der Waals surface area (Å²) in [6.45, 7) is 3.49. The Kier molecular flexibility index (Phi) is 7.11. The van der Waals surface area contributed by atoms with E-state index in [4.69, 9.17) is 17.3 Å². The standard InChI is InChI=1S/C23H29ClN2O4S/c1-23(2,28)17-9-7-16(8-10-17)15-26(21-6-4-3-5-20(21)22(25)27)31(29,30)19-13-11-18(24)12-14-19/h7-14,20-21,28H,3-6,15H2,1-2H3,(H2,25,27). The van der Waals surface area contributed by atoms with Crippen molar-refractivity contribution in [2.75, 3.05) is 0 Å². The summed E-state index contributed by atoms with van der Waals surface area (Å²) in [4.78, 5) is 12.3. The molecule has 2 aromatic carbocycles. The van der Waals surface area contributed by atoms with E-state index in [0.717, 1.165) is 24.0 Å². The fourth-order valence-electron chi connectivity index (χ4n) is 4.11. The number of carbonyl (C=O) groups excluding carboxylic acids is 1. The van der Waals surface area contributed by atoms with Crippen LogP contribution in [0.5, 0.6) is 0 Å². The molecule has 31 heavy (non-hydrogen) atoms. The molecule has 0 bridgehead atoms. The molecule has 3 N–H and O–H groups in total. The fourth-order valence-corrected chi connectivity index (χ4v) is 5.91. The summed E-state index contributed by atoms with van der Waals surface area (Å²) in [6.07, 6.45) is 2.82. The van der Waals surface area contributed by atoms with Gasteiger partial charge in [-0.05, 0) is 62.1 Å². The molecule has 1 saturated carbocycles. The van der Waals surface area contributed by atoms with Crippen LogP contribution in [0.4, 0.5) is 0 Å². The second-order valence-electron chi connectivity index (χ2n) is 8.62. The number of benzene rings is 2. The number of carbonyl (C=O) groups is 1. The van der Waals surface area contributed by atoms with E-state index in [1.165, 1.54) is 28.6 Å². The van der Waals surface area contributed by atoms with Crippen molar-refractivity contribution in [3.8, 4) is 0 Å². The molecular formula is C23H29ClN2O4S. The Labute approximate surface area is 189 Å². The largest absolute Gasteiger partial charge is 0.386 e. The van der Waals surface area contributed by atoms with E-state index in [1.54, 1.807) is 38.1 Å². The molecular weight excluding hydrogens is 436 g/mol. The van der Waals surface area contributed by atoms with Gasteiger partial charge in [0.05, 0.1) is 16.4 Å². The van der Waals surface area contributed by atoms with Crippen molar-refractivity contribution in [1.82, 2.24) is 4.31 Å². The molecule has 0 spiro atoms. The number of hydrogen-bond donors (Lipinski definition) is 2. The topological polar surface area (TPSA) is 101 Å². The third kappa shape index (κ3) is 5.47. The number of rotatable bonds is 7. The second-order valence-corrected chi connectivity index (χ2v) is 10.9. The molecule has 2 unspecified atom stereocenters. The number of primary amides is 1. The van der Waals surface area contributed by atoms with Crippen molar-refractivity contribution < 1.29 is 18.3 Å². The molecule has 3 rings (SSSR count). The molecule has 8 heteroatoms. The van der Waals surface area contributed by atoms with Crippen LogP contribution in [0, 0.1) is 5.92 Å². The van der Waals surface area contributed by atoms with Crippen molar-refractivity contribution in [3.05, 3.63) is 64.7 Å². The molecule has 2 aromatic rings. The van der Waals surface area contributed by atoms with Crippen molar-refractivity contribution in [2.45, 2.75) is 62.6 Å². The molecule has 0 saturated heterocycles.